The lowest BCUT2D eigenvalue weighted by Crippen LogP contribution is -2.14. The van der Waals surface area contributed by atoms with E-state index in [0.717, 1.165) is 6.42 Å². The number of nitrogens with zero attached hydrogens (tertiary/aromatic N) is 2. The van der Waals surface area contributed by atoms with Gasteiger partial charge in [-0.3, -0.25) is 0 Å². The van der Waals surface area contributed by atoms with Crippen LogP contribution in [0, 0.1) is 0 Å². The van der Waals surface area contributed by atoms with E-state index in [-0.39, 0.29) is 7.43 Å². The van der Waals surface area contributed by atoms with Gasteiger partial charge in [0.05, 0.1) is 0 Å². The molecule has 0 fully saturated rings. The number of allylic oxidation sites excluding steroid dienone is 2. The van der Waals surface area contributed by atoms with Gasteiger partial charge in [0, 0.05) is 30.4 Å². The molecule has 1 aromatic carbocycles. The second-order valence-corrected chi connectivity index (χ2v) is 4.59. The summed E-state index contributed by atoms with van der Waals surface area (Å²) in [5.74, 6) is 0. The first-order valence-corrected chi connectivity index (χ1v) is 6.62. The quantitative estimate of drug-likeness (QED) is 0.548. The van der Waals surface area contributed by atoms with Crippen LogP contribution in [0.2, 0.25) is 0 Å². The standard InChI is InChI=1S/C14H19N2.C2H6.CH4/c1-11(10-15(2)3)14-9-12-7-5-6-8-13(12)16(14)4;1-2;/h5-8,10H,9H2,1-4H3;1-2H3;1H4/q+1;;. The molecule has 0 N–H and O–H groups in total. The molecule has 0 bridgehead atoms. The van der Waals surface area contributed by atoms with E-state index in [9.17, 15) is 0 Å². The van der Waals surface area contributed by atoms with Crippen molar-refractivity contribution in [3.63, 3.8) is 0 Å². The molecule has 0 saturated heterocycles. The van der Waals surface area contributed by atoms with Crippen molar-refractivity contribution in [2.24, 2.45) is 0 Å². The largest absolute Gasteiger partial charge is 0.347 e. The summed E-state index contributed by atoms with van der Waals surface area (Å²) < 4.78 is 2.10. The van der Waals surface area contributed by atoms with Gasteiger partial charge < -0.3 is 4.90 Å². The minimum absolute atomic E-state index is 0. The minimum Gasteiger partial charge on any atom is -0.347 e. The molecule has 0 amide bonds. The second kappa shape index (κ2) is 7.78. The number of anilines is 1. The Kier molecular flexibility index (Phi) is 7.13. The van der Waals surface area contributed by atoms with Gasteiger partial charge in [-0.05, 0) is 18.6 Å². The van der Waals surface area contributed by atoms with Gasteiger partial charge in [-0.25, -0.2) is 4.58 Å². The lowest BCUT2D eigenvalue weighted by atomic mass is 10.1. The van der Waals surface area contributed by atoms with Crippen LogP contribution in [0.4, 0.5) is 5.69 Å². The lowest BCUT2D eigenvalue weighted by molar-refractivity contribution is -0.459. The maximum Gasteiger partial charge on any atom is 0.167 e. The van der Waals surface area contributed by atoms with E-state index in [4.69, 9.17) is 0 Å². The van der Waals surface area contributed by atoms with Crippen molar-refractivity contribution in [2.75, 3.05) is 26.0 Å². The lowest BCUT2D eigenvalue weighted by Gasteiger charge is -2.15. The van der Waals surface area contributed by atoms with Crippen LogP contribution in [0.1, 0.15) is 33.8 Å². The number of fused-ring (bicyclic) bond motifs is 1. The van der Waals surface area contributed by atoms with Gasteiger partial charge >= 0.3 is 0 Å². The highest BCUT2D eigenvalue weighted by Crippen LogP contribution is 2.33. The fraction of sp³-hybridized carbons (Fsp3) is 0.471. The molecule has 1 aromatic rings. The average molecular weight is 261 g/mol. The molecule has 0 aliphatic carbocycles. The molecule has 2 heteroatoms. The van der Waals surface area contributed by atoms with Gasteiger partial charge in [0.15, 0.2) is 6.21 Å². The van der Waals surface area contributed by atoms with E-state index in [1.807, 2.05) is 13.8 Å². The maximum absolute atomic E-state index is 2.30. The SMILES string of the molecule is C.CC.CC(C=[N+](C)C)=C1Cc2ccccc2N1C. The monoisotopic (exact) mass is 261 g/mol. The number of para-hydroxylation sites is 1. The molecule has 0 unspecified atom stereocenters. The molecule has 2 rings (SSSR count). The van der Waals surface area contributed by atoms with E-state index >= 15 is 0 Å². The first-order valence-electron chi connectivity index (χ1n) is 6.62. The van der Waals surface area contributed by atoms with Crippen molar-refractivity contribution in [3.05, 3.63) is 41.1 Å². The Morgan fingerprint density at radius 1 is 1.21 bits per heavy atom. The van der Waals surface area contributed by atoms with Gasteiger partial charge in [0.2, 0.25) is 0 Å². The average Bonchev–Trinajstić information content (AvgIpc) is 2.69. The van der Waals surface area contributed by atoms with Crippen LogP contribution in [-0.2, 0) is 6.42 Å². The zero-order valence-electron chi connectivity index (χ0n) is 12.5. The normalized spacial score (nSPS) is 14.7. The number of likely N-dealkylation sites (N-methyl/N-ethyl adjacent to an activating group) is 1. The Bertz CT molecular complexity index is 466. The fourth-order valence-corrected chi connectivity index (χ4v) is 2.30. The molecule has 0 saturated carbocycles. The van der Waals surface area contributed by atoms with Gasteiger partial charge in [-0.2, -0.15) is 0 Å². The molecule has 19 heavy (non-hydrogen) atoms. The van der Waals surface area contributed by atoms with Crippen molar-refractivity contribution in [2.45, 2.75) is 34.6 Å². The summed E-state index contributed by atoms with van der Waals surface area (Å²) in [6.07, 6.45) is 3.22. The summed E-state index contributed by atoms with van der Waals surface area (Å²) in [5, 5.41) is 0. The third kappa shape index (κ3) is 3.95. The number of hydrogen-bond donors (Lipinski definition) is 0. The Balaban J connectivity index is 0.00000103. The highest BCUT2D eigenvalue weighted by Gasteiger charge is 2.22. The molecular formula is C17H29N2+. The van der Waals surface area contributed by atoms with Gasteiger partial charge in [0.1, 0.15) is 14.1 Å². The van der Waals surface area contributed by atoms with Crippen molar-refractivity contribution >= 4 is 11.9 Å². The smallest absolute Gasteiger partial charge is 0.167 e. The van der Waals surface area contributed by atoms with Crippen LogP contribution in [-0.4, -0.2) is 31.9 Å². The van der Waals surface area contributed by atoms with Crippen LogP contribution in [0.15, 0.2) is 35.5 Å². The van der Waals surface area contributed by atoms with Gasteiger partial charge in [0.25, 0.3) is 0 Å². The predicted octanol–water partition coefficient (Wildman–Crippen LogP) is 3.96. The molecule has 0 atom stereocenters. The second-order valence-electron chi connectivity index (χ2n) is 4.59. The molecule has 2 nitrogen and oxygen atoms in total. The highest BCUT2D eigenvalue weighted by molar-refractivity contribution is 5.79. The molecular weight excluding hydrogens is 232 g/mol. The summed E-state index contributed by atoms with van der Waals surface area (Å²) in [4.78, 5) is 2.30. The van der Waals surface area contributed by atoms with E-state index in [1.54, 1.807) is 0 Å². The Morgan fingerprint density at radius 2 is 1.79 bits per heavy atom. The first kappa shape index (κ1) is 17.4. The Labute approximate surface area is 119 Å². The molecule has 1 heterocycles. The van der Waals surface area contributed by atoms with Crippen LogP contribution >= 0.6 is 0 Å². The zero-order valence-corrected chi connectivity index (χ0v) is 12.5. The van der Waals surface area contributed by atoms with E-state index in [0.29, 0.717) is 0 Å². The van der Waals surface area contributed by atoms with Crippen molar-refractivity contribution in [3.8, 4) is 0 Å². The topological polar surface area (TPSA) is 6.25 Å². The number of hydrogen-bond acceptors (Lipinski definition) is 1. The number of benzene rings is 1. The minimum atomic E-state index is 0. The molecule has 0 aromatic heterocycles. The van der Waals surface area contributed by atoms with Crippen molar-refractivity contribution in [1.82, 2.24) is 0 Å². The molecule has 0 spiro atoms. The predicted molar refractivity (Wildman–Crippen MR) is 87.5 cm³/mol. The molecule has 0 radical (unpaired) electrons. The Morgan fingerprint density at radius 3 is 2.32 bits per heavy atom. The third-order valence-corrected chi connectivity index (χ3v) is 3.02. The highest BCUT2D eigenvalue weighted by atomic mass is 15.1. The Hall–Kier alpha value is -1.57. The fourth-order valence-electron chi connectivity index (χ4n) is 2.30. The van der Waals surface area contributed by atoms with Gasteiger partial charge in [-0.1, -0.05) is 39.5 Å². The van der Waals surface area contributed by atoms with E-state index in [1.165, 1.54) is 22.5 Å². The molecule has 1 aliphatic heterocycles. The molecule has 106 valence electrons. The van der Waals surface area contributed by atoms with Crippen LogP contribution < -0.4 is 4.90 Å². The summed E-state index contributed by atoms with van der Waals surface area (Å²) >= 11 is 0. The molecule has 1 aliphatic rings. The number of rotatable bonds is 1. The summed E-state index contributed by atoms with van der Waals surface area (Å²) in [5.41, 5.74) is 5.49. The summed E-state index contributed by atoms with van der Waals surface area (Å²) in [6.45, 7) is 6.18. The van der Waals surface area contributed by atoms with Crippen LogP contribution in [0.3, 0.4) is 0 Å². The maximum atomic E-state index is 2.30. The van der Waals surface area contributed by atoms with Crippen molar-refractivity contribution in [1.29, 1.82) is 0 Å². The zero-order chi connectivity index (χ0) is 13.7. The van der Waals surface area contributed by atoms with Crippen molar-refractivity contribution < 1.29 is 4.58 Å². The van der Waals surface area contributed by atoms with Crippen LogP contribution in [0.25, 0.3) is 0 Å². The first-order chi connectivity index (χ1) is 8.59. The van der Waals surface area contributed by atoms with E-state index < -0.39 is 0 Å². The van der Waals surface area contributed by atoms with Gasteiger partial charge in [-0.15, -0.1) is 0 Å². The summed E-state index contributed by atoms with van der Waals surface area (Å²) in [7, 11) is 6.27. The van der Waals surface area contributed by atoms with E-state index in [2.05, 4.69) is 68.0 Å². The third-order valence-electron chi connectivity index (χ3n) is 3.02. The summed E-state index contributed by atoms with van der Waals surface area (Å²) in [6, 6.07) is 8.61. The van der Waals surface area contributed by atoms with Crippen LogP contribution in [0.5, 0.6) is 0 Å².